The number of aromatic nitrogens is 3. The molecule has 0 unspecified atom stereocenters. The first kappa shape index (κ1) is 13.4. The van der Waals surface area contributed by atoms with E-state index in [-0.39, 0.29) is 0 Å². The number of rotatable bonds is 5. The van der Waals surface area contributed by atoms with Crippen LogP contribution in [0.3, 0.4) is 0 Å². The summed E-state index contributed by atoms with van der Waals surface area (Å²) < 4.78 is 2.67. The Morgan fingerprint density at radius 1 is 1.35 bits per heavy atom. The number of benzene rings is 1. The van der Waals surface area contributed by atoms with Crippen molar-refractivity contribution >= 4 is 18.2 Å². The highest BCUT2D eigenvalue weighted by molar-refractivity contribution is 7.71. The quantitative estimate of drug-likeness (QED) is 0.855. The van der Waals surface area contributed by atoms with Crippen LogP contribution in [0.5, 0.6) is 0 Å². The van der Waals surface area contributed by atoms with Gasteiger partial charge in [-0.25, -0.2) is 5.10 Å². The Bertz CT molecular complexity index is 625. The number of anilines is 1. The van der Waals surface area contributed by atoms with E-state index < -0.39 is 0 Å². The fourth-order valence-electron chi connectivity index (χ4n) is 2.39. The van der Waals surface area contributed by atoms with Crippen molar-refractivity contribution in [3.63, 3.8) is 0 Å². The smallest absolute Gasteiger partial charge is 0.230 e. The minimum absolute atomic E-state index is 0.406. The molecule has 20 heavy (non-hydrogen) atoms. The van der Waals surface area contributed by atoms with Gasteiger partial charge in [0.2, 0.25) is 10.7 Å². The zero-order chi connectivity index (χ0) is 14.1. The first-order chi connectivity index (χ1) is 9.66. The van der Waals surface area contributed by atoms with Gasteiger partial charge in [-0.15, -0.1) is 5.10 Å². The van der Waals surface area contributed by atoms with Crippen LogP contribution >= 0.6 is 12.2 Å². The molecule has 1 fully saturated rings. The molecule has 1 N–H and O–H groups in total. The van der Waals surface area contributed by atoms with Gasteiger partial charge in [-0.1, -0.05) is 18.2 Å². The average Bonchev–Trinajstić information content (AvgIpc) is 3.19. The zero-order valence-corrected chi connectivity index (χ0v) is 12.7. The maximum absolute atomic E-state index is 5.41. The van der Waals surface area contributed by atoms with Crippen LogP contribution < -0.4 is 4.90 Å². The number of nitrogens with zero attached hydrogens (tertiary/aromatic N) is 3. The summed E-state index contributed by atoms with van der Waals surface area (Å²) in [4.78, 5) is 2.34. The number of hydrogen-bond acceptors (Lipinski definition) is 3. The lowest BCUT2D eigenvalue weighted by molar-refractivity contribution is 0.621. The second-order valence-corrected chi connectivity index (χ2v) is 6.08. The molecule has 4 nitrogen and oxygen atoms in total. The van der Waals surface area contributed by atoms with Gasteiger partial charge in [0.25, 0.3) is 0 Å². The van der Waals surface area contributed by atoms with Crippen molar-refractivity contribution < 1.29 is 0 Å². The molecule has 1 aliphatic carbocycles. The standard InChI is InChI=1S/C15H20N4S/c1-11(2)18(10-12-8-9-12)14-16-17-15(20)19(14)13-6-4-3-5-7-13/h3-7,11-12H,8-10H2,1-2H3,(H,17,20). The number of nitrogens with one attached hydrogen (secondary N) is 1. The van der Waals surface area contributed by atoms with Crippen LogP contribution in [0, 0.1) is 10.7 Å². The Kier molecular flexibility index (Phi) is 3.61. The van der Waals surface area contributed by atoms with Gasteiger partial charge >= 0.3 is 0 Å². The molecule has 0 spiro atoms. The predicted octanol–water partition coefficient (Wildman–Crippen LogP) is 3.55. The number of aromatic amines is 1. The Morgan fingerprint density at radius 3 is 2.65 bits per heavy atom. The molecular formula is C15H20N4S. The largest absolute Gasteiger partial charge is 0.338 e. The second-order valence-electron chi connectivity index (χ2n) is 5.69. The molecule has 1 aliphatic rings. The topological polar surface area (TPSA) is 36.9 Å². The van der Waals surface area contributed by atoms with Crippen molar-refractivity contribution in [3.8, 4) is 5.69 Å². The average molecular weight is 288 g/mol. The Balaban J connectivity index is 2.02. The van der Waals surface area contributed by atoms with Gasteiger partial charge < -0.3 is 4.90 Å². The van der Waals surface area contributed by atoms with Crippen molar-refractivity contribution in [2.24, 2.45) is 5.92 Å². The third-order valence-electron chi connectivity index (χ3n) is 3.70. The summed E-state index contributed by atoms with van der Waals surface area (Å²) in [5.41, 5.74) is 1.06. The molecule has 0 bridgehead atoms. The molecule has 0 aliphatic heterocycles. The molecule has 0 amide bonds. The van der Waals surface area contributed by atoms with E-state index >= 15 is 0 Å². The van der Waals surface area contributed by atoms with Crippen molar-refractivity contribution in [1.29, 1.82) is 0 Å². The summed E-state index contributed by atoms with van der Waals surface area (Å²) in [6.45, 7) is 5.47. The van der Waals surface area contributed by atoms with Crippen LogP contribution in [-0.2, 0) is 0 Å². The second kappa shape index (κ2) is 5.40. The molecule has 1 aromatic heterocycles. The Morgan fingerprint density at radius 2 is 2.05 bits per heavy atom. The molecule has 5 heteroatoms. The first-order valence-electron chi connectivity index (χ1n) is 7.16. The van der Waals surface area contributed by atoms with Crippen LogP contribution in [-0.4, -0.2) is 27.4 Å². The first-order valence-corrected chi connectivity index (χ1v) is 7.57. The van der Waals surface area contributed by atoms with Gasteiger partial charge in [-0.2, -0.15) is 0 Å². The van der Waals surface area contributed by atoms with Crippen molar-refractivity contribution in [3.05, 3.63) is 35.1 Å². The zero-order valence-electron chi connectivity index (χ0n) is 11.9. The Hall–Kier alpha value is -1.62. The monoisotopic (exact) mass is 288 g/mol. The van der Waals surface area contributed by atoms with Crippen LogP contribution in [0.25, 0.3) is 5.69 Å². The highest BCUT2D eigenvalue weighted by atomic mass is 32.1. The van der Waals surface area contributed by atoms with E-state index in [9.17, 15) is 0 Å². The predicted molar refractivity (Wildman–Crippen MR) is 84.0 cm³/mol. The van der Waals surface area contributed by atoms with Gasteiger partial charge in [0.05, 0.1) is 5.69 Å². The van der Waals surface area contributed by atoms with Crippen LogP contribution in [0.2, 0.25) is 0 Å². The molecule has 0 atom stereocenters. The van der Waals surface area contributed by atoms with E-state index in [2.05, 4.69) is 41.1 Å². The van der Waals surface area contributed by atoms with Gasteiger partial charge in [0.15, 0.2) is 0 Å². The summed E-state index contributed by atoms with van der Waals surface area (Å²) in [5.74, 6) is 1.73. The molecule has 1 aromatic carbocycles. The molecule has 106 valence electrons. The molecule has 0 radical (unpaired) electrons. The van der Waals surface area contributed by atoms with E-state index in [0.29, 0.717) is 10.8 Å². The lowest BCUT2D eigenvalue weighted by Crippen LogP contribution is -2.35. The van der Waals surface area contributed by atoms with Crippen molar-refractivity contribution in [1.82, 2.24) is 14.8 Å². The highest BCUT2D eigenvalue weighted by Crippen LogP contribution is 2.32. The fourth-order valence-corrected chi connectivity index (χ4v) is 2.63. The fraction of sp³-hybridized carbons (Fsp3) is 0.467. The van der Waals surface area contributed by atoms with Crippen LogP contribution in [0.1, 0.15) is 26.7 Å². The summed E-state index contributed by atoms with van der Waals surface area (Å²) in [6.07, 6.45) is 2.67. The number of H-pyrrole nitrogens is 1. The van der Waals surface area contributed by atoms with E-state index in [0.717, 1.165) is 24.1 Å². The van der Waals surface area contributed by atoms with Gasteiger partial charge in [0, 0.05) is 12.6 Å². The minimum Gasteiger partial charge on any atom is -0.338 e. The third kappa shape index (κ3) is 2.63. The van der Waals surface area contributed by atoms with E-state index in [4.69, 9.17) is 12.2 Å². The maximum atomic E-state index is 5.41. The van der Waals surface area contributed by atoms with Gasteiger partial charge in [-0.05, 0) is 57.0 Å². The lowest BCUT2D eigenvalue weighted by Gasteiger charge is -2.27. The molecule has 0 saturated heterocycles. The highest BCUT2D eigenvalue weighted by Gasteiger charge is 2.28. The summed E-state index contributed by atoms with van der Waals surface area (Å²) in [5, 5.41) is 7.41. The SMILES string of the molecule is CC(C)N(CC1CC1)c1n[nH]c(=S)n1-c1ccccc1. The van der Waals surface area contributed by atoms with Crippen LogP contribution in [0.4, 0.5) is 5.95 Å². The van der Waals surface area contributed by atoms with Crippen molar-refractivity contribution in [2.75, 3.05) is 11.4 Å². The van der Waals surface area contributed by atoms with Gasteiger partial charge in [-0.3, -0.25) is 4.57 Å². The Labute approximate surface area is 124 Å². The lowest BCUT2D eigenvalue weighted by atomic mass is 10.3. The van der Waals surface area contributed by atoms with E-state index in [1.54, 1.807) is 0 Å². The van der Waals surface area contributed by atoms with Crippen molar-refractivity contribution in [2.45, 2.75) is 32.7 Å². The van der Waals surface area contributed by atoms with E-state index in [1.807, 2.05) is 22.8 Å². The van der Waals surface area contributed by atoms with Gasteiger partial charge in [0.1, 0.15) is 0 Å². The number of para-hydroxylation sites is 1. The summed E-state index contributed by atoms with van der Waals surface area (Å²) in [7, 11) is 0. The summed E-state index contributed by atoms with van der Waals surface area (Å²) >= 11 is 5.41. The van der Waals surface area contributed by atoms with Crippen LogP contribution in [0.15, 0.2) is 30.3 Å². The van der Waals surface area contributed by atoms with E-state index in [1.165, 1.54) is 12.8 Å². The molecule has 1 saturated carbocycles. The molecule has 3 rings (SSSR count). The maximum Gasteiger partial charge on any atom is 0.230 e. The molecular weight excluding hydrogens is 268 g/mol. The molecule has 2 aromatic rings. The summed E-state index contributed by atoms with van der Waals surface area (Å²) in [6, 6.07) is 10.6. The number of hydrogen-bond donors (Lipinski definition) is 1. The minimum atomic E-state index is 0.406. The molecule has 1 heterocycles. The normalized spacial score (nSPS) is 14.8. The third-order valence-corrected chi connectivity index (χ3v) is 3.97.